The molecule has 0 saturated carbocycles. The third kappa shape index (κ3) is 7.35. The van der Waals surface area contributed by atoms with Crippen molar-refractivity contribution in [2.45, 2.75) is 26.8 Å². The number of hydrogen-bond acceptors (Lipinski definition) is 2. The van der Waals surface area contributed by atoms with E-state index in [0.29, 0.717) is 0 Å². The number of benzene rings is 1. The Morgan fingerprint density at radius 1 is 1.09 bits per heavy atom. The van der Waals surface area contributed by atoms with E-state index in [0.717, 1.165) is 25.5 Å². The molecule has 23 heavy (non-hydrogen) atoms. The second-order valence-corrected chi connectivity index (χ2v) is 7.02. The smallest absolute Gasteiger partial charge is 0.191 e. The van der Waals surface area contributed by atoms with Gasteiger partial charge >= 0.3 is 0 Å². The highest BCUT2D eigenvalue weighted by molar-refractivity contribution is 14.0. The summed E-state index contributed by atoms with van der Waals surface area (Å²) in [5, 5.41) is 11.0. The van der Waals surface area contributed by atoms with Crippen LogP contribution < -0.4 is 10.6 Å². The summed E-state index contributed by atoms with van der Waals surface area (Å²) in [6.07, 6.45) is 1.04. The third-order valence-electron chi connectivity index (χ3n) is 3.52. The number of hydrogen-bond donors (Lipinski definition) is 2. The van der Waals surface area contributed by atoms with Gasteiger partial charge in [0.2, 0.25) is 0 Å². The van der Waals surface area contributed by atoms with Gasteiger partial charge in [0.1, 0.15) is 0 Å². The fourth-order valence-electron chi connectivity index (χ4n) is 2.33. The Bertz CT molecular complexity index is 580. The number of aliphatic imine (C=N–C) groups is 1. The number of nitrogens with zero attached hydrogens (tertiary/aromatic N) is 1. The first-order valence-corrected chi connectivity index (χ1v) is 8.53. The topological polar surface area (TPSA) is 36.4 Å². The van der Waals surface area contributed by atoms with Gasteiger partial charge in [0, 0.05) is 20.1 Å². The van der Waals surface area contributed by atoms with E-state index in [1.54, 1.807) is 11.3 Å². The number of guanidine groups is 1. The number of thiophene rings is 1. The molecule has 0 aliphatic heterocycles. The Morgan fingerprint density at radius 2 is 1.83 bits per heavy atom. The Hall–Kier alpha value is -1.08. The molecular formula is C18H26IN3S. The molecule has 0 amide bonds. The van der Waals surface area contributed by atoms with Crippen LogP contribution in [0, 0.1) is 5.41 Å². The van der Waals surface area contributed by atoms with Crippen molar-refractivity contribution in [3.63, 3.8) is 0 Å². The first kappa shape index (κ1) is 20.0. The van der Waals surface area contributed by atoms with Crippen LogP contribution in [0.4, 0.5) is 0 Å². The maximum Gasteiger partial charge on any atom is 0.191 e. The van der Waals surface area contributed by atoms with E-state index >= 15 is 0 Å². The summed E-state index contributed by atoms with van der Waals surface area (Å²) in [6, 6.07) is 12.8. The Kier molecular flexibility index (Phi) is 8.62. The van der Waals surface area contributed by atoms with Crippen LogP contribution in [-0.4, -0.2) is 19.6 Å². The summed E-state index contributed by atoms with van der Waals surface area (Å²) in [5.41, 5.74) is 2.83. The molecule has 2 N–H and O–H groups in total. The fourth-order valence-corrected chi connectivity index (χ4v) is 3.00. The first-order chi connectivity index (χ1) is 10.6. The number of rotatable bonds is 6. The number of halogens is 1. The molecular weight excluding hydrogens is 417 g/mol. The maximum absolute atomic E-state index is 4.30. The lowest BCUT2D eigenvalue weighted by atomic mass is 9.86. The lowest BCUT2D eigenvalue weighted by molar-refractivity contribution is 0.359. The molecule has 3 nitrogen and oxygen atoms in total. The van der Waals surface area contributed by atoms with E-state index in [2.05, 4.69) is 76.6 Å². The van der Waals surface area contributed by atoms with Crippen LogP contribution in [0.3, 0.4) is 0 Å². The molecule has 1 aromatic heterocycles. The van der Waals surface area contributed by atoms with Crippen molar-refractivity contribution in [3.05, 3.63) is 58.3 Å². The van der Waals surface area contributed by atoms with Gasteiger partial charge in [-0.15, -0.1) is 24.0 Å². The van der Waals surface area contributed by atoms with Crippen LogP contribution in [0.2, 0.25) is 0 Å². The Morgan fingerprint density at radius 3 is 2.43 bits per heavy atom. The average molecular weight is 443 g/mol. The highest BCUT2D eigenvalue weighted by Crippen LogP contribution is 2.20. The molecule has 0 aliphatic carbocycles. The summed E-state index contributed by atoms with van der Waals surface area (Å²) >= 11 is 1.72. The zero-order valence-corrected chi connectivity index (χ0v) is 17.2. The normalized spacial score (nSPS) is 11.7. The molecule has 1 heterocycles. The highest BCUT2D eigenvalue weighted by Gasteiger charge is 2.18. The Balaban J connectivity index is 0.00000264. The van der Waals surface area contributed by atoms with Crippen molar-refractivity contribution in [1.82, 2.24) is 10.6 Å². The van der Waals surface area contributed by atoms with Gasteiger partial charge in [-0.3, -0.25) is 4.99 Å². The minimum absolute atomic E-state index is 0. The average Bonchev–Trinajstić information content (AvgIpc) is 3.01. The summed E-state index contributed by atoms with van der Waals surface area (Å²) in [7, 11) is 1.81. The minimum atomic E-state index is 0. The van der Waals surface area contributed by atoms with Gasteiger partial charge in [-0.05, 0) is 39.8 Å². The van der Waals surface area contributed by atoms with Crippen LogP contribution in [0.25, 0.3) is 0 Å². The van der Waals surface area contributed by atoms with Gasteiger partial charge in [-0.2, -0.15) is 11.3 Å². The highest BCUT2D eigenvalue weighted by atomic mass is 127. The molecule has 2 aromatic rings. The van der Waals surface area contributed by atoms with Crippen molar-refractivity contribution >= 4 is 41.3 Å². The molecule has 0 atom stereocenters. The maximum atomic E-state index is 4.30. The predicted octanol–water partition coefficient (Wildman–Crippen LogP) is 4.30. The third-order valence-corrected chi connectivity index (χ3v) is 4.26. The lowest BCUT2D eigenvalue weighted by Crippen LogP contribution is -2.42. The molecule has 5 heteroatoms. The molecule has 2 rings (SSSR count). The largest absolute Gasteiger partial charge is 0.356 e. The van der Waals surface area contributed by atoms with Gasteiger partial charge < -0.3 is 10.6 Å². The van der Waals surface area contributed by atoms with Crippen LogP contribution in [0.15, 0.2) is 52.2 Å². The summed E-state index contributed by atoms with van der Waals surface area (Å²) in [5.74, 6) is 0.854. The minimum Gasteiger partial charge on any atom is -0.356 e. The molecule has 0 fully saturated rings. The van der Waals surface area contributed by atoms with Gasteiger partial charge in [0.05, 0.1) is 0 Å². The standard InChI is InChI=1S/C18H25N3S.HI/c1-18(2,11-15-7-5-4-6-8-15)14-21-17(19-3)20-12-16-9-10-22-13-16;/h4-10,13H,11-12,14H2,1-3H3,(H2,19,20,21);1H. The van der Waals surface area contributed by atoms with E-state index in [1.807, 2.05) is 7.05 Å². The summed E-state index contributed by atoms with van der Waals surface area (Å²) in [6.45, 7) is 6.24. The van der Waals surface area contributed by atoms with Crippen molar-refractivity contribution in [1.29, 1.82) is 0 Å². The molecule has 0 unspecified atom stereocenters. The van der Waals surface area contributed by atoms with Gasteiger partial charge in [-0.1, -0.05) is 44.2 Å². The monoisotopic (exact) mass is 443 g/mol. The van der Waals surface area contributed by atoms with Crippen molar-refractivity contribution in [2.75, 3.05) is 13.6 Å². The zero-order chi connectivity index (χ0) is 15.8. The quantitative estimate of drug-likeness (QED) is 0.397. The molecule has 126 valence electrons. The second kappa shape index (κ2) is 9.93. The fraction of sp³-hybridized carbons (Fsp3) is 0.389. The zero-order valence-electron chi connectivity index (χ0n) is 14.0. The van der Waals surface area contributed by atoms with Crippen molar-refractivity contribution < 1.29 is 0 Å². The molecule has 0 aliphatic rings. The van der Waals surface area contributed by atoms with Gasteiger partial charge in [0.15, 0.2) is 5.96 Å². The van der Waals surface area contributed by atoms with Crippen LogP contribution >= 0.6 is 35.3 Å². The van der Waals surface area contributed by atoms with Crippen molar-refractivity contribution in [2.24, 2.45) is 10.4 Å². The second-order valence-electron chi connectivity index (χ2n) is 6.24. The van der Waals surface area contributed by atoms with Crippen LogP contribution in [0.1, 0.15) is 25.0 Å². The first-order valence-electron chi connectivity index (χ1n) is 7.58. The SMILES string of the molecule is CN=C(NCc1ccsc1)NCC(C)(C)Cc1ccccc1.I. The molecule has 0 saturated heterocycles. The number of nitrogens with one attached hydrogen (secondary N) is 2. The van der Waals surface area contributed by atoms with E-state index < -0.39 is 0 Å². The van der Waals surface area contributed by atoms with E-state index in [1.165, 1.54) is 11.1 Å². The van der Waals surface area contributed by atoms with Gasteiger partial charge in [0.25, 0.3) is 0 Å². The van der Waals surface area contributed by atoms with Crippen molar-refractivity contribution in [3.8, 4) is 0 Å². The molecule has 0 bridgehead atoms. The predicted molar refractivity (Wildman–Crippen MR) is 112 cm³/mol. The van der Waals surface area contributed by atoms with E-state index in [4.69, 9.17) is 0 Å². The van der Waals surface area contributed by atoms with Crippen LogP contribution in [0.5, 0.6) is 0 Å². The summed E-state index contributed by atoms with van der Waals surface area (Å²) < 4.78 is 0. The molecule has 0 spiro atoms. The Labute approximate surface area is 160 Å². The van der Waals surface area contributed by atoms with E-state index in [-0.39, 0.29) is 29.4 Å². The van der Waals surface area contributed by atoms with Gasteiger partial charge in [-0.25, -0.2) is 0 Å². The lowest BCUT2D eigenvalue weighted by Gasteiger charge is -2.26. The molecule has 0 radical (unpaired) electrons. The van der Waals surface area contributed by atoms with Crippen LogP contribution in [-0.2, 0) is 13.0 Å². The van der Waals surface area contributed by atoms with E-state index in [9.17, 15) is 0 Å². The summed E-state index contributed by atoms with van der Waals surface area (Å²) in [4.78, 5) is 4.30. The molecule has 1 aromatic carbocycles.